The molecule has 0 saturated carbocycles. The molecular weight excluding hydrogens is 424 g/mol. The summed E-state index contributed by atoms with van der Waals surface area (Å²) in [6.07, 6.45) is 5.64. The van der Waals surface area contributed by atoms with Gasteiger partial charge in [0.2, 0.25) is 0 Å². The summed E-state index contributed by atoms with van der Waals surface area (Å²) < 4.78 is 11.1. The van der Waals surface area contributed by atoms with E-state index in [1.807, 2.05) is 60.7 Å². The summed E-state index contributed by atoms with van der Waals surface area (Å²) in [6.45, 7) is 4.86. The van der Waals surface area contributed by atoms with Gasteiger partial charge in [0, 0.05) is 0 Å². The predicted molar refractivity (Wildman–Crippen MR) is 137 cm³/mol. The summed E-state index contributed by atoms with van der Waals surface area (Å²) in [4.78, 5) is 26.3. The second kappa shape index (κ2) is 13.3. The molecule has 0 amide bonds. The van der Waals surface area contributed by atoms with Crippen LogP contribution >= 0.6 is 0 Å². The molecule has 0 saturated heterocycles. The molecule has 0 unspecified atom stereocenters. The van der Waals surface area contributed by atoms with Crippen LogP contribution in [0.1, 0.15) is 73.1 Å². The Morgan fingerprint density at radius 3 is 1.79 bits per heavy atom. The lowest BCUT2D eigenvalue weighted by Crippen LogP contribution is -2.16. The average Bonchev–Trinajstić information content (AvgIpc) is 2.89. The van der Waals surface area contributed by atoms with Crippen LogP contribution < -0.4 is 0 Å². The van der Waals surface area contributed by atoms with E-state index in [2.05, 4.69) is 13.8 Å². The third-order valence-corrected chi connectivity index (χ3v) is 5.75. The summed E-state index contributed by atoms with van der Waals surface area (Å²) in [7, 11) is 0. The van der Waals surface area contributed by atoms with Gasteiger partial charge >= 0.3 is 11.9 Å². The van der Waals surface area contributed by atoms with E-state index in [0.717, 1.165) is 55.2 Å². The fraction of sp³-hybridized carbons (Fsp3) is 0.333. The lowest BCUT2D eigenvalue weighted by molar-refractivity contribution is 0.0451. The van der Waals surface area contributed by atoms with Crippen molar-refractivity contribution >= 4 is 11.9 Å². The number of benzene rings is 3. The Kier molecular flexibility index (Phi) is 9.90. The van der Waals surface area contributed by atoms with Gasteiger partial charge in [-0.25, -0.2) is 9.59 Å². The minimum Gasteiger partial charge on any atom is -0.462 e. The van der Waals surface area contributed by atoms with Gasteiger partial charge < -0.3 is 9.47 Å². The van der Waals surface area contributed by atoms with Crippen LogP contribution in [-0.4, -0.2) is 25.2 Å². The Morgan fingerprint density at radius 1 is 0.588 bits per heavy atom. The van der Waals surface area contributed by atoms with Crippen molar-refractivity contribution in [2.45, 2.75) is 52.4 Å². The summed E-state index contributed by atoms with van der Waals surface area (Å²) >= 11 is 0. The van der Waals surface area contributed by atoms with Crippen molar-refractivity contribution < 1.29 is 19.1 Å². The van der Waals surface area contributed by atoms with Gasteiger partial charge in [0.1, 0.15) is 0 Å². The van der Waals surface area contributed by atoms with E-state index in [1.165, 1.54) is 0 Å². The van der Waals surface area contributed by atoms with E-state index < -0.39 is 11.9 Å². The monoisotopic (exact) mass is 458 g/mol. The first-order valence-corrected chi connectivity index (χ1v) is 12.3. The molecule has 3 rings (SSSR count). The maximum atomic E-state index is 13.3. The SMILES string of the molecule is CCCCCOC(=O)c1cccc(-c2ccccc2-c2ccccc2)c1C(=O)OCCCCC. The van der Waals surface area contributed by atoms with Crippen LogP contribution in [0.15, 0.2) is 72.8 Å². The first-order valence-electron chi connectivity index (χ1n) is 12.3. The zero-order chi connectivity index (χ0) is 24.2. The van der Waals surface area contributed by atoms with Crippen LogP contribution in [-0.2, 0) is 9.47 Å². The predicted octanol–water partition coefficient (Wildman–Crippen LogP) is 7.71. The molecule has 0 atom stereocenters. The van der Waals surface area contributed by atoms with E-state index in [0.29, 0.717) is 18.8 Å². The molecular formula is C30H34O4. The number of carbonyl (C=O) groups is 2. The second-order valence-corrected chi connectivity index (χ2v) is 8.33. The third kappa shape index (κ3) is 6.57. The smallest absolute Gasteiger partial charge is 0.339 e. The largest absolute Gasteiger partial charge is 0.462 e. The van der Waals surface area contributed by atoms with Crippen molar-refractivity contribution in [2.75, 3.05) is 13.2 Å². The lowest BCUT2D eigenvalue weighted by atomic mass is 9.89. The molecule has 0 bridgehead atoms. The molecule has 0 heterocycles. The van der Waals surface area contributed by atoms with E-state index >= 15 is 0 Å². The summed E-state index contributed by atoms with van der Waals surface area (Å²) in [5.41, 5.74) is 4.07. The van der Waals surface area contributed by atoms with Gasteiger partial charge in [0.25, 0.3) is 0 Å². The van der Waals surface area contributed by atoms with Crippen LogP contribution in [0.4, 0.5) is 0 Å². The van der Waals surface area contributed by atoms with Crippen molar-refractivity contribution in [3.05, 3.63) is 83.9 Å². The van der Waals surface area contributed by atoms with Crippen LogP contribution in [0, 0.1) is 0 Å². The van der Waals surface area contributed by atoms with Crippen LogP contribution in [0.2, 0.25) is 0 Å². The molecule has 3 aromatic carbocycles. The number of esters is 2. The molecule has 0 aliphatic rings. The number of hydrogen-bond donors (Lipinski definition) is 0. The number of ether oxygens (including phenoxy) is 2. The van der Waals surface area contributed by atoms with Crippen LogP contribution in [0.25, 0.3) is 22.3 Å². The number of carbonyl (C=O) groups excluding carboxylic acids is 2. The molecule has 4 nitrogen and oxygen atoms in total. The molecule has 3 aromatic rings. The van der Waals surface area contributed by atoms with Crippen molar-refractivity contribution in [1.82, 2.24) is 0 Å². The standard InChI is InChI=1S/C30H34O4/c1-3-5-12-21-33-29(31)27-20-14-19-26(28(27)30(32)34-22-13-6-4-2)25-18-11-10-17-24(25)23-15-8-7-9-16-23/h7-11,14-20H,3-6,12-13,21-22H2,1-2H3. The average molecular weight is 459 g/mol. The van der Waals surface area contributed by atoms with Crippen molar-refractivity contribution in [1.29, 1.82) is 0 Å². The van der Waals surface area contributed by atoms with Crippen LogP contribution in [0.5, 0.6) is 0 Å². The molecule has 0 radical (unpaired) electrons. The fourth-order valence-corrected chi connectivity index (χ4v) is 3.94. The number of unbranched alkanes of at least 4 members (excludes halogenated alkanes) is 4. The zero-order valence-corrected chi connectivity index (χ0v) is 20.2. The quantitative estimate of drug-likeness (QED) is 0.206. The molecule has 0 N–H and O–H groups in total. The molecule has 34 heavy (non-hydrogen) atoms. The maximum absolute atomic E-state index is 13.3. The molecule has 0 aliphatic heterocycles. The van der Waals surface area contributed by atoms with Crippen molar-refractivity contribution in [3.63, 3.8) is 0 Å². The van der Waals surface area contributed by atoms with Gasteiger partial charge in [-0.05, 0) is 41.2 Å². The van der Waals surface area contributed by atoms with Gasteiger partial charge in [-0.15, -0.1) is 0 Å². The Hall–Kier alpha value is -3.40. The number of rotatable bonds is 12. The topological polar surface area (TPSA) is 52.6 Å². The van der Waals surface area contributed by atoms with Gasteiger partial charge in [0.15, 0.2) is 0 Å². The minimum absolute atomic E-state index is 0.248. The molecule has 178 valence electrons. The number of hydrogen-bond acceptors (Lipinski definition) is 4. The maximum Gasteiger partial charge on any atom is 0.339 e. The van der Waals surface area contributed by atoms with E-state index in [-0.39, 0.29) is 11.1 Å². The van der Waals surface area contributed by atoms with E-state index in [4.69, 9.17) is 9.47 Å². The van der Waals surface area contributed by atoms with E-state index in [1.54, 1.807) is 12.1 Å². The zero-order valence-electron chi connectivity index (χ0n) is 20.2. The molecule has 0 aromatic heterocycles. The van der Waals surface area contributed by atoms with Gasteiger partial charge in [-0.1, -0.05) is 106 Å². The van der Waals surface area contributed by atoms with Crippen molar-refractivity contribution in [2.24, 2.45) is 0 Å². The molecule has 4 heteroatoms. The second-order valence-electron chi connectivity index (χ2n) is 8.33. The lowest BCUT2D eigenvalue weighted by Gasteiger charge is -2.17. The van der Waals surface area contributed by atoms with Gasteiger partial charge in [0.05, 0.1) is 24.3 Å². The summed E-state index contributed by atoms with van der Waals surface area (Å²) in [6, 6.07) is 23.2. The summed E-state index contributed by atoms with van der Waals surface area (Å²) in [5, 5.41) is 0. The molecule has 0 fully saturated rings. The highest BCUT2D eigenvalue weighted by atomic mass is 16.5. The molecule has 0 aliphatic carbocycles. The Balaban J connectivity index is 2.04. The minimum atomic E-state index is -0.491. The Labute approximate surface area is 202 Å². The first kappa shape index (κ1) is 25.2. The van der Waals surface area contributed by atoms with Crippen molar-refractivity contribution in [3.8, 4) is 22.3 Å². The Morgan fingerprint density at radius 2 is 1.15 bits per heavy atom. The first-order chi connectivity index (χ1) is 16.7. The summed E-state index contributed by atoms with van der Waals surface area (Å²) in [5.74, 6) is -0.981. The molecule has 0 spiro atoms. The fourth-order valence-electron chi connectivity index (χ4n) is 3.94. The van der Waals surface area contributed by atoms with Crippen LogP contribution in [0.3, 0.4) is 0 Å². The van der Waals surface area contributed by atoms with Gasteiger partial charge in [-0.3, -0.25) is 0 Å². The highest BCUT2D eigenvalue weighted by Gasteiger charge is 2.25. The highest BCUT2D eigenvalue weighted by molar-refractivity contribution is 6.09. The highest BCUT2D eigenvalue weighted by Crippen LogP contribution is 2.35. The Bertz CT molecular complexity index is 1070. The van der Waals surface area contributed by atoms with E-state index in [9.17, 15) is 9.59 Å². The normalized spacial score (nSPS) is 10.6. The van der Waals surface area contributed by atoms with Gasteiger partial charge in [-0.2, -0.15) is 0 Å². The third-order valence-electron chi connectivity index (χ3n) is 5.75.